The first-order chi connectivity index (χ1) is 9.46. The Kier molecular flexibility index (Phi) is 4.32. The Bertz CT molecular complexity index is 540. The van der Waals surface area contributed by atoms with E-state index < -0.39 is 11.5 Å². The Morgan fingerprint density at radius 1 is 1.45 bits per heavy atom. The lowest BCUT2D eigenvalue weighted by Gasteiger charge is -2.41. The van der Waals surface area contributed by atoms with E-state index in [9.17, 15) is 9.59 Å². The van der Waals surface area contributed by atoms with Crippen molar-refractivity contribution in [2.24, 2.45) is 0 Å². The summed E-state index contributed by atoms with van der Waals surface area (Å²) >= 11 is 3.33. The van der Waals surface area contributed by atoms with E-state index in [1.165, 1.54) is 0 Å². The van der Waals surface area contributed by atoms with Gasteiger partial charge in [-0.05, 0) is 53.4 Å². The summed E-state index contributed by atoms with van der Waals surface area (Å²) in [7, 11) is 1.55. The number of ether oxygens (including phenoxy) is 1. The van der Waals surface area contributed by atoms with Gasteiger partial charge < -0.3 is 15.2 Å². The van der Waals surface area contributed by atoms with Crippen molar-refractivity contribution >= 4 is 27.8 Å². The molecule has 0 atom stereocenters. The molecule has 108 valence electrons. The normalized spacial score (nSPS) is 16.1. The second-order valence-corrected chi connectivity index (χ2v) is 5.86. The van der Waals surface area contributed by atoms with Crippen LogP contribution in [0.4, 0.5) is 0 Å². The Morgan fingerprint density at radius 3 is 2.60 bits per heavy atom. The summed E-state index contributed by atoms with van der Waals surface area (Å²) in [5, 5.41) is 11.8. The maximum absolute atomic E-state index is 12.2. The lowest BCUT2D eigenvalue weighted by Crippen LogP contribution is -2.54. The number of hydrogen-bond acceptors (Lipinski definition) is 3. The molecule has 0 saturated heterocycles. The van der Waals surface area contributed by atoms with Crippen LogP contribution < -0.4 is 10.1 Å². The largest absolute Gasteiger partial charge is 0.496 e. The number of aliphatic carboxylic acids is 1. The molecule has 1 aromatic rings. The van der Waals surface area contributed by atoms with Crippen molar-refractivity contribution in [2.45, 2.75) is 31.2 Å². The molecule has 1 amide bonds. The molecule has 0 unspecified atom stereocenters. The molecule has 5 nitrogen and oxygen atoms in total. The fourth-order valence-electron chi connectivity index (χ4n) is 2.36. The lowest BCUT2D eigenvalue weighted by molar-refractivity contribution is -0.139. The average molecular weight is 342 g/mol. The number of halogens is 1. The van der Waals surface area contributed by atoms with Crippen LogP contribution in [0.25, 0.3) is 0 Å². The summed E-state index contributed by atoms with van der Waals surface area (Å²) in [5.41, 5.74) is -0.107. The molecule has 1 aliphatic carbocycles. The van der Waals surface area contributed by atoms with E-state index in [0.717, 1.165) is 6.42 Å². The van der Waals surface area contributed by atoms with Crippen molar-refractivity contribution in [3.8, 4) is 5.75 Å². The van der Waals surface area contributed by atoms with Gasteiger partial charge in [-0.1, -0.05) is 0 Å². The molecule has 0 bridgehead atoms. The number of carbonyl (C=O) groups excluding carboxylic acids is 1. The first-order valence-electron chi connectivity index (χ1n) is 6.34. The van der Waals surface area contributed by atoms with Crippen molar-refractivity contribution in [1.29, 1.82) is 0 Å². The Labute approximate surface area is 125 Å². The van der Waals surface area contributed by atoms with Crippen LogP contribution in [0.15, 0.2) is 22.7 Å². The van der Waals surface area contributed by atoms with Crippen LogP contribution in [0.2, 0.25) is 0 Å². The third kappa shape index (κ3) is 3.12. The minimum atomic E-state index is -0.888. The molecule has 2 N–H and O–H groups in total. The Morgan fingerprint density at radius 2 is 2.15 bits per heavy atom. The first kappa shape index (κ1) is 14.8. The quantitative estimate of drug-likeness (QED) is 0.862. The van der Waals surface area contributed by atoms with Gasteiger partial charge in [0.25, 0.3) is 5.91 Å². The average Bonchev–Trinajstić information content (AvgIpc) is 2.35. The zero-order valence-corrected chi connectivity index (χ0v) is 12.7. The van der Waals surface area contributed by atoms with Gasteiger partial charge >= 0.3 is 5.97 Å². The molecule has 1 aromatic carbocycles. The summed E-state index contributed by atoms with van der Waals surface area (Å²) in [4.78, 5) is 23.1. The number of methoxy groups -OCH3 is 1. The number of rotatable bonds is 5. The highest BCUT2D eigenvalue weighted by molar-refractivity contribution is 9.10. The summed E-state index contributed by atoms with van der Waals surface area (Å²) in [5.74, 6) is -0.499. The summed E-state index contributed by atoms with van der Waals surface area (Å²) < 4.78 is 5.80. The number of amides is 1. The minimum absolute atomic E-state index is 0.0317. The van der Waals surface area contributed by atoms with Crippen LogP contribution in [0.5, 0.6) is 5.75 Å². The monoisotopic (exact) mass is 341 g/mol. The third-order valence-corrected chi connectivity index (χ3v) is 4.21. The number of nitrogens with one attached hydrogen (secondary N) is 1. The predicted molar refractivity (Wildman–Crippen MR) is 77.0 cm³/mol. The molecule has 0 spiro atoms. The maximum atomic E-state index is 12.2. The highest BCUT2D eigenvalue weighted by atomic mass is 79.9. The van der Waals surface area contributed by atoms with Crippen molar-refractivity contribution in [3.05, 3.63) is 28.2 Å². The molecular weight excluding hydrogens is 326 g/mol. The van der Waals surface area contributed by atoms with Crippen molar-refractivity contribution in [2.75, 3.05) is 7.11 Å². The van der Waals surface area contributed by atoms with E-state index >= 15 is 0 Å². The number of carboxylic acid groups (broad SMARTS) is 1. The molecule has 1 saturated carbocycles. The third-order valence-electron chi connectivity index (χ3n) is 3.59. The Hall–Kier alpha value is -1.56. The second-order valence-electron chi connectivity index (χ2n) is 5.01. The Balaban J connectivity index is 2.11. The molecule has 20 heavy (non-hydrogen) atoms. The van der Waals surface area contributed by atoms with E-state index in [4.69, 9.17) is 9.84 Å². The second kappa shape index (κ2) is 5.83. The molecule has 6 heteroatoms. The van der Waals surface area contributed by atoms with Gasteiger partial charge in [0.15, 0.2) is 0 Å². The number of benzene rings is 1. The van der Waals surface area contributed by atoms with Crippen LogP contribution >= 0.6 is 15.9 Å². The summed E-state index contributed by atoms with van der Waals surface area (Å²) in [6.45, 7) is 0. The molecule has 1 aliphatic rings. The molecule has 0 aromatic heterocycles. The van der Waals surface area contributed by atoms with E-state index in [1.54, 1.807) is 25.3 Å². The predicted octanol–water partition coefficient (Wildman–Crippen LogP) is 2.58. The molecule has 0 heterocycles. The number of carboxylic acids is 1. The SMILES string of the molecule is COc1ccc(C(=O)NC2(CC(=O)O)CCC2)cc1Br. The van der Waals surface area contributed by atoms with Crippen molar-refractivity contribution in [3.63, 3.8) is 0 Å². The van der Waals surface area contributed by atoms with E-state index in [2.05, 4.69) is 21.2 Å². The van der Waals surface area contributed by atoms with E-state index in [-0.39, 0.29) is 12.3 Å². The fraction of sp³-hybridized carbons (Fsp3) is 0.429. The zero-order chi connectivity index (χ0) is 14.8. The fourth-order valence-corrected chi connectivity index (χ4v) is 2.90. The highest BCUT2D eigenvalue weighted by Gasteiger charge is 2.40. The van der Waals surface area contributed by atoms with Gasteiger partial charge in [-0.3, -0.25) is 9.59 Å². The van der Waals surface area contributed by atoms with Gasteiger partial charge in [0.1, 0.15) is 5.75 Å². The number of carbonyl (C=O) groups is 2. The highest BCUT2D eigenvalue weighted by Crippen LogP contribution is 2.35. The maximum Gasteiger partial charge on any atom is 0.305 e. The molecular formula is C14H16BrNO4. The van der Waals surface area contributed by atoms with Crippen LogP contribution in [0.3, 0.4) is 0 Å². The van der Waals surface area contributed by atoms with Gasteiger partial charge in [0, 0.05) is 5.56 Å². The van der Waals surface area contributed by atoms with Crippen LogP contribution in [0, 0.1) is 0 Å². The lowest BCUT2D eigenvalue weighted by atomic mass is 9.74. The zero-order valence-electron chi connectivity index (χ0n) is 11.1. The molecule has 0 aliphatic heterocycles. The summed E-state index contributed by atoms with van der Waals surface area (Å²) in [6, 6.07) is 5.02. The van der Waals surface area contributed by atoms with Crippen LogP contribution in [0.1, 0.15) is 36.0 Å². The van der Waals surface area contributed by atoms with Crippen molar-refractivity contribution < 1.29 is 19.4 Å². The minimum Gasteiger partial charge on any atom is -0.496 e. The molecule has 2 rings (SSSR count). The van der Waals surface area contributed by atoms with E-state index in [0.29, 0.717) is 28.6 Å². The van der Waals surface area contributed by atoms with Crippen molar-refractivity contribution in [1.82, 2.24) is 5.32 Å². The van der Waals surface area contributed by atoms with E-state index in [1.807, 2.05) is 0 Å². The standard InChI is InChI=1S/C14H16BrNO4/c1-20-11-4-3-9(7-10(11)15)13(19)16-14(5-2-6-14)8-12(17)18/h3-4,7H,2,5-6,8H2,1H3,(H,16,19)(H,17,18). The van der Waals surface area contributed by atoms with Gasteiger partial charge in [-0.25, -0.2) is 0 Å². The van der Waals surface area contributed by atoms with Gasteiger partial charge in [-0.15, -0.1) is 0 Å². The van der Waals surface area contributed by atoms with Crippen LogP contribution in [-0.2, 0) is 4.79 Å². The first-order valence-corrected chi connectivity index (χ1v) is 7.13. The van der Waals surface area contributed by atoms with Gasteiger partial charge in [-0.2, -0.15) is 0 Å². The molecule has 0 radical (unpaired) electrons. The smallest absolute Gasteiger partial charge is 0.305 e. The van der Waals surface area contributed by atoms with Gasteiger partial charge in [0.2, 0.25) is 0 Å². The topological polar surface area (TPSA) is 75.6 Å². The molecule has 1 fully saturated rings. The summed E-state index contributed by atoms with van der Waals surface area (Å²) in [6.07, 6.45) is 2.33. The van der Waals surface area contributed by atoms with Gasteiger partial charge in [0.05, 0.1) is 23.5 Å². The number of hydrogen-bond donors (Lipinski definition) is 2. The van der Waals surface area contributed by atoms with Crippen LogP contribution in [-0.4, -0.2) is 29.6 Å².